The molecule has 0 amide bonds. The Morgan fingerprint density at radius 3 is 0.828 bits per heavy atom. The van der Waals surface area contributed by atoms with Crippen molar-refractivity contribution < 1.29 is 54.1 Å². The number of aliphatic hydroxyl groups excluding tert-OH is 2. The Hall–Kier alpha value is -2.28. The second-order valence-corrected chi connectivity index (χ2v) is 6.24. The molecular formula is C16H10BF10O2-. The zero-order valence-electron chi connectivity index (χ0n) is 14.1. The van der Waals surface area contributed by atoms with E-state index in [1.807, 2.05) is 0 Å². The third kappa shape index (κ3) is 3.35. The van der Waals surface area contributed by atoms with Crippen molar-refractivity contribution in [3.63, 3.8) is 0 Å². The standard InChI is InChI=1S/C16H10BF10O2/c18-7-5(8(19)12(23)15(26)11(7)22)17(1-3-28,2-4-29)6-9(20)13(24)16(27)14(25)10(6)21/h28-29H,1-4H2/q-1. The van der Waals surface area contributed by atoms with Gasteiger partial charge in [0, 0.05) is 13.2 Å². The largest absolute Gasteiger partial charge is 0.400 e. The van der Waals surface area contributed by atoms with Crippen LogP contribution in [-0.2, 0) is 0 Å². The summed E-state index contributed by atoms with van der Waals surface area (Å²) in [6.07, 6.45) is -6.49. The van der Waals surface area contributed by atoms with Crippen molar-refractivity contribution in [3.05, 3.63) is 58.2 Å². The fourth-order valence-corrected chi connectivity index (χ4v) is 3.52. The number of benzene rings is 2. The molecule has 2 aromatic rings. The second-order valence-electron chi connectivity index (χ2n) is 6.24. The minimum absolute atomic E-state index is 1.20. The van der Waals surface area contributed by atoms with Crippen LogP contribution in [-0.4, -0.2) is 29.6 Å². The second kappa shape index (κ2) is 8.23. The molecule has 0 aromatic heterocycles. The SMILES string of the molecule is OCC[B-](CCO)(c1c(F)c(F)c(F)c(F)c1F)c1c(F)c(F)c(F)c(F)c1F. The number of rotatable bonds is 6. The Labute approximate surface area is 156 Å². The summed E-state index contributed by atoms with van der Waals surface area (Å²) in [7, 11) is 0. The number of hydrogen-bond acceptors (Lipinski definition) is 2. The van der Waals surface area contributed by atoms with Gasteiger partial charge in [0.1, 0.15) is 23.3 Å². The summed E-state index contributed by atoms with van der Waals surface area (Å²) in [5.74, 6) is -25.8. The maximum Gasteiger partial charge on any atom is 0.200 e. The number of halogens is 10. The van der Waals surface area contributed by atoms with Gasteiger partial charge in [-0.2, -0.15) is 0 Å². The average molecular weight is 435 g/mol. The van der Waals surface area contributed by atoms with Gasteiger partial charge in [-0.05, 0) is 0 Å². The van der Waals surface area contributed by atoms with Crippen molar-refractivity contribution in [2.24, 2.45) is 0 Å². The summed E-state index contributed by atoms with van der Waals surface area (Å²) in [6.45, 7) is -2.45. The predicted molar refractivity (Wildman–Crippen MR) is 81.3 cm³/mol. The molecule has 160 valence electrons. The van der Waals surface area contributed by atoms with Crippen molar-refractivity contribution in [2.75, 3.05) is 13.2 Å². The van der Waals surface area contributed by atoms with E-state index in [9.17, 15) is 54.1 Å². The van der Waals surface area contributed by atoms with E-state index < -0.39 is 101 Å². The maximum atomic E-state index is 14.4. The first kappa shape index (κ1) is 23.0. The Balaban J connectivity index is 3.14. The van der Waals surface area contributed by atoms with Crippen LogP contribution >= 0.6 is 0 Å². The molecule has 29 heavy (non-hydrogen) atoms. The first-order valence-corrected chi connectivity index (χ1v) is 7.92. The normalized spacial score (nSPS) is 12.0. The Morgan fingerprint density at radius 1 is 0.414 bits per heavy atom. The van der Waals surface area contributed by atoms with Gasteiger partial charge >= 0.3 is 0 Å². The molecule has 0 heterocycles. The van der Waals surface area contributed by atoms with E-state index in [2.05, 4.69) is 0 Å². The van der Waals surface area contributed by atoms with E-state index >= 15 is 0 Å². The molecule has 2 N–H and O–H groups in total. The van der Waals surface area contributed by atoms with E-state index in [1.54, 1.807) is 0 Å². The van der Waals surface area contributed by atoms with Crippen molar-refractivity contribution in [1.82, 2.24) is 0 Å². The highest BCUT2D eigenvalue weighted by Crippen LogP contribution is 2.28. The van der Waals surface area contributed by atoms with Crippen molar-refractivity contribution >= 4 is 17.1 Å². The van der Waals surface area contributed by atoms with Gasteiger partial charge in [-0.15, -0.1) is 23.6 Å². The summed E-state index contributed by atoms with van der Waals surface area (Å²) in [4.78, 5) is 0. The summed E-state index contributed by atoms with van der Waals surface area (Å²) in [5.41, 5.74) is -3.79. The Kier molecular flexibility index (Phi) is 6.53. The van der Waals surface area contributed by atoms with Gasteiger partial charge in [0.2, 0.25) is 0 Å². The fraction of sp³-hybridized carbons (Fsp3) is 0.250. The van der Waals surface area contributed by atoms with E-state index in [-0.39, 0.29) is 0 Å². The first-order chi connectivity index (χ1) is 13.5. The molecule has 0 aliphatic carbocycles. The summed E-state index contributed by atoms with van der Waals surface area (Å²) in [5, 5.41) is 18.4. The van der Waals surface area contributed by atoms with Crippen LogP contribution in [0.3, 0.4) is 0 Å². The summed E-state index contributed by atoms with van der Waals surface area (Å²) in [6, 6.07) is 0. The van der Waals surface area contributed by atoms with Gasteiger partial charge < -0.3 is 10.2 Å². The highest BCUT2D eigenvalue weighted by Gasteiger charge is 2.42. The lowest BCUT2D eigenvalue weighted by Gasteiger charge is -2.41. The monoisotopic (exact) mass is 435 g/mol. The van der Waals surface area contributed by atoms with Gasteiger partial charge in [-0.25, -0.2) is 43.9 Å². The van der Waals surface area contributed by atoms with E-state index in [0.29, 0.717) is 0 Å². The van der Waals surface area contributed by atoms with Crippen LogP contribution in [0.1, 0.15) is 0 Å². The maximum absolute atomic E-state index is 14.4. The van der Waals surface area contributed by atoms with Crippen LogP contribution in [0.5, 0.6) is 0 Å². The Morgan fingerprint density at radius 2 is 0.621 bits per heavy atom. The van der Waals surface area contributed by atoms with E-state index in [0.717, 1.165) is 0 Å². The molecule has 2 rings (SSSR count). The lowest BCUT2D eigenvalue weighted by atomic mass is 9.15. The quantitative estimate of drug-likeness (QED) is 0.317. The summed E-state index contributed by atoms with van der Waals surface area (Å²) < 4.78 is 139. The van der Waals surface area contributed by atoms with Gasteiger partial charge in [-0.3, -0.25) is 0 Å². The number of aliphatic hydroxyl groups is 2. The zero-order chi connectivity index (χ0) is 22.3. The van der Waals surface area contributed by atoms with Crippen LogP contribution in [0, 0.1) is 58.2 Å². The average Bonchev–Trinajstić information content (AvgIpc) is 2.68. The smallest absolute Gasteiger partial charge is 0.200 e. The summed E-state index contributed by atoms with van der Waals surface area (Å²) >= 11 is 0. The van der Waals surface area contributed by atoms with Gasteiger partial charge in [0.15, 0.2) is 34.9 Å². The highest BCUT2D eigenvalue weighted by molar-refractivity contribution is 7.02. The molecule has 0 fully saturated rings. The molecule has 0 bridgehead atoms. The minimum Gasteiger partial charge on any atom is -0.400 e. The molecular weight excluding hydrogens is 425 g/mol. The zero-order valence-corrected chi connectivity index (χ0v) is 14.1. The van der Waals surface area contributed by atoms with E-state index in [4.69, 9.17) is 0 Å². The first-order valence-electron chi connectivity index (χ1n) is 7.92. The molecule has 0 aliphatic rings. The molecule has 0 saturated carbocycles. The molecule has 0 unspecified atom stereocenters. The van der Waals surface area contributed by atoms with Crippen LogP contribution in [0.4, 0.5) is 43.9 Å². The molecule has 0 saturated heterocycles. The molecule has 0 radical (unpaired) electrons. The van der Waals surface area contributed by atoms with Crippen LogP contribution in [0.2, 0.25) is 12.6 Å². The molecule has 0 aliphatic heterocycles. The Bertz CT molecular complexity index is 830. The topological polar surface area (TPSA) is 40.5 Å². The molecule has 13 heteroatoms. The van der Waals surface area contributed by atoms with Gasteiger partial charge in [0.05, 0.1) is 6.15 Å². The minimum atomic E-state index is -4.09. The third-order valence-electron chi connectivity index (χ3n) is 4.84. The molecule has 2 nitrogen and oxygen atoms in total. The molecule has 0 spiro atoms. The predicted octanol–water partition coefficient (Wildman–Crippen LogP) is 2.63. The van der Waals surface area contributed by atoms with Gasteiger partial charge in [-0.1, -0.05) is 0 Å². The molecule has 0 atom stereocenters. The van der Waals surface area contributed by atoms with Crippen LogP contribution in [0.15, 0.2) is 0 Å². The van der Waals surface area contributed by atoms with E-state index in [1.165, 1.54) is 0 Å². The van der Waals surface area contributed by atoms with Crippen LogP contribution < -0.4 is 10.9 Å². The number of hydrogen-bond donors (Lipinski definition) is 2. The third-order valence-corrected chi connectivity index (χ3v) is 4.84. The van der Waals surface area contributed by atoms with Crippen molar-refractivity contribution in [1.29, 1.82) is 0 Å². The lowest BCUT2D eigenvalue weighted by Crippen LogP contribution is -2.64. The highest BCUT2D eigenvalue weighted by atomic mass is 19.2. The van der Waals surface area contributed by atoms with Crippen LogP contribution in [0.25, 0.3) is 0 Å². The molecule has 2 aromatic carbocycles. The van der Waals surface area contributed by atoms with Gasteiger partial charge in [0.25, 0.3) is 0 Å². The van der Waals surface area contributed by atoms with Crippen molar-refractivity contribution in [3.8, 4) is 0 Å². The lowest BCUT2D eigenvalue weighted by molar-refractivity contribution is 0.308. The van der Waals surface area contributed by atoms with Crippen molar-refractivity contribution in [2.45, 2.75) is 12.6 Å². The fourth-order valence-electron chi connectivity index (χ4n) is 3.52.